The van der Waals surface area contributed by atoms with Crippen molar-refractivity contribution < 1.29 is 17.9 Å². The summed E-state index contributed by atoms with van der Waals surface area (Å²) in [5.74, 6) is 0.727. The number of hydrogen-bond acceptors (Lipinski definition) is 4. The van der Waals surface area contributed by atoms with E-state index in [1.165, 1.54) is 0 Å². The summed E-state index contributed by atoms with van der Waals surface area (Å²) in [4.78, 5) is 0.164. The van der Waals surface area contributed by atoms with Crippen molar-refractivity contribution >= 4 is 10.0 Å². The Hall–Kier alpha value is -1.11. The molecule has 5 nitrogen and oxygen atoms in total. The third kappa shape index (κ3) is 3.13. The van der Waals surface area contributed by atoms with Crippen LogP contribution in [0.3, 0.4) is 0 Å². The fourth-order valence-corrected chi connectivity index (χ4v) is 3.41. The van der Waals surface area contributed by atoms with E-state index in [9.17, 15) is 8.42 Å². The smallest absolute Gasteiger partial charge is 0.238 e. The average molecular weight is 299 g/mol. The predicted molar refractivity (Wildman–Crippen MR) is 76.5 cm³/mol. The highest BCUT2D eigenvalue weighted by Gasteiger charge is 2.20. The second-order valence-electron chi connectivity index (χ2n) is 5.26. The first-order valence-corrected chi connectivity index (χ1v) is 8.23. The second-order valence-corrected chi connectivity index (χ2v) is 6.79. The van der Waals surface area contributed by atoms with Crippen LogP contribution in [0.1, 0.15) is 29.5 Å². The molecule has 1 unspecified atom stereocenters. The van der Waals surface area contributed by atoms with Gasteiger partial charge in [-0.1, -0.05) is 0 Å². The van der Waals surface area contributed by atoms with Crippen molar-refractivity contribution in [3.8, 4) is 5.75 Å². The fraction of sp³-hybridized carbons (Fsp3) is 0.571. The summed E-state index contributed by atoms with van der Waals surface area (Å²) >= 11 is 0. The summed E-state index contributed by atoms with van der Waals surface area (Å²) < 4.78 is 34.5. The summed E-state index contributed by atoms with van der Waals surface area (Å²) in [5.41, 5.74) is 2.22. The lowest BCUT2D eigenvalue weighted by atomic mass is 10.1. The summed E-state index contributed by atoms with van der Waals surface area (Å²) in [5, 5.41) is 5.23. The number of ether oxygens (including phenoxy) is 2. The van der Waals surface area contributed by atoms with Crippen molar-refractivity contribution in [3.05, 3.63) is 22.8 Å². The zero-order valence-electron chi connectivity index (χ0n) is 12.1. The quantitative estimate of drug-likeness (QED) is 0.919. The van der Waals surface area contributed by atoms with Gasteiger partial charge in [-0.3, -0.25) is 0 Å². The molecular weight excluding hydrogens is 278 g/mol. The zero-order chi connectivity index (χ0) is 14.9. The van der Waals surface area contributed by atoms with Gasteiger partial charge >= 0.3 is 0 Å². The van der Waals surface area contributed by atoms with Crippen LogP contribution in [0.25, 0.3) is 0 Å². The van der Waals surface area contributed by atoms with Crippen molar-refractivity contribution in [1.82, 2.24) is 0 Å². The van der Waals surface area contributed by atoms with E-state index in [4.69, 9.17) is 14.6 Å². The topological polar surface area (TPSA) is 78.6 Å². The van der Waals surface area contributed by atoms with Crippen LogP contribution in [0.2, 0.25) is 0 Å². The minimum atomic E-state index is -3.71. The Bertz CT molecular complexity index is 604. The molecule has 1 aliphatic heterocycles. The fourth-order valence-electron chi connectivity index (χ4n) is 2.49. The van der Waals surface area contributed by atoms with Crippen molar-refractivity contribution in [2.75, 3.05) is 13.2 Å². The van der Waals surface area contributed by atoms with Crippen molar-refractivity contribution in [2.24, 2.45) is 5.14 Å². The van der Waals surface area contributed by atoms with Crippen LogP contribution in [0, 0.1) is 20.8 Å². The highest BCUT2D eigenvalue weighted by molar-refractivity contribution is 7.89. The molecule has 0 bridgehead atoms. The molecule has 0 amide bonds. The Balaban J connectivity index is 2.28. The third-order valence-electron chi connectivity index (χ3n) is 3.72. The van der Waals surface area contributed by atoms with E-state index in [0.29, 0.717) is 12.2 Å². The van der Waals surface area contributed by atoms with Gasteiger partial charge in [0.25, 0.3) is 0 Å². The lowest BCUT2D eigenvalue weighted by Crippen LogP contribution is -2.18. The van der Waals surface area contributed by atoms with Gasteiger partial charge in [0.05, 0.1) is 11.0 Å². The summed E-state index contributed by atoms with van der Waals surface area (Å²) in [7, 11) is -3.71. The molecule has 1 heterocycles. The Morgan fingerprint density at radius 2 is 2.05 bits per heavy atom. The highest BCUT2D eigenvalue weighted by Crippen LogP contribution is 2.31. The monoisotopic (exact) mass is 299 g/mol. The van der Waals surface area contributed by atoms with Crippen LogP contribution in [0.15, 0.2) is 11.0 Å². The maximum atomic E-state index is 11.6. The molecule has 0 aliphatic carbocycles. The SMILES string of the molecule is Cc1cc(S(N)(=O)=O)c(C)c(C)c1OCC1CCCO1. The van der Waals surface area contributed by atoms with Crippen molar-refractivity contribution in [2.45, 2.75) is 44.6 Å². The predicted octanol–water partition coefficient (Wildman–Crippen LogP) is 1.82. The average Bonchev–Trinajstić information content (AvgIpc) is 2.85. The van der Waals surface area contributed by atoms with Gasteiger partial charge in [-0.05, 0) is 56.4 Å². The lowest BCUT2D eigenvalue weighted by Gasteiger charge is -2.18. The first-order chi connectivity index (χ1) is 9.30. The molecule has 2 rings (SSSR count). The number of benzene rings is 1. The molecule has 1 saturated heterocycles. The summed E-state index contributed by atoms with van der Waals surface area (Å²) in [6.45, 7) is 6.70. The molecule has 112 valence electrons. The molecule has 1 aromatic carbocycles. The van der Waals surface area contributed by atoms with Crippen LogP contribution in [-0.2, 0) is 14.8 Å². The molecule has 1 aromatic rings. The second kappa shape index (κ2) is 5.71. The van der Waals surface area contributed by atoms with Gasteiger partial charge in [0.2, 0.25) is 10.0 Å². The largest absolute Gasteiger partial charge is 0.490 e. The zero-order valence-corrected chi connectivity index (χ0v) is 12.9. The van der Waals surface area contributed by atoms with Crippen LogP contribution >= 0.6 is 0 Å². The van der Waals surface area contributed by atoms with Crippen LogP contribution in [-0.4, -0.2) is 27.7 Å². The van der Waals surface area contributed by atoms with Crippen LogP contribution < -0.4 is 9.88 Å². The van der Waals surface area contributed by atoms with Crippen molar-refractivity contribution in [3.63, 3.8) is 0 Å². The summed E-state index contributed by atoms with van der Waals surface area (Å²) in [6.07, 6.45) is 2.20. The van der Waals surface area contributed by atoms with Gasteiger partial charge in [-0.15, -0.1) is 0 Å². The summed E-state index contributed by atoms with van der Waals surface area (Å²) in [6, 6.07) is 1.57. The van der Waals surface area contributed by atoms with E-state index in [0.717, 1.165) is 36.3 Å². The molecule has 1 fully saturated rings. The molecule has 0 radical (unpaired) electrons. The van der Waals surface area contributed by atoms with Gasteiger partial charge < -0.3 is 9.47 Å². The normalized spacial score (nSPS) is 19.3. The van der Waals surface area contributed by atoms with Gasteiger partial charge in [0.15, 0.2) is 0 Å². The van der Waals surface area contributed by atoms with E-state index in [1.807, 2.05) is 13.8 Å². The van der Waals surface area contributed by atoms with E-state index in [-0.39, 0.29) is 11.0 Å². The Kier molecular flexibility index (Phi) is 4.36. The van der Waals surface area contributed by atoms with Crippen LogP contribution in [0.4, 0.5) is 0 Å². The molecule has 0 spiro atoms. The number of primary sulfonamides is 1. The molecule has 0 aromatic heterocycles. The highest BCUT2D eigenvalue weighted by atomic mass is 32.2. The molecule has 6 heteroatoms. The molecule has 1 aliphatic rings. The van der Waals surface area contributed by atoms with Gasteiger partial charge in [-0.2, -0.15) is 0 Å². The lowest BCUT2D eigenvalue weighted by molar-refractivity contribution is 0.0674. The molecule has 1 atom stereocenters. The third-order valence-corrected chi connectivity index (χ3v) is 4.76. The molecule has 2 N–H and O–H groups in total. The standard InChI is InChI=1S/C14H21NO4S/c1-9-7-13(20(15,16)17)10(2)11(3)14(9)19-8-12-5-4-6-18-12/h7,12H,4-6,8H2,1-3H3,(H2,15,16,17). The number of nitrogens with two attached hydrogens (primary N) is 1. The number of hydrogen-bond donors (Lipinski definition) is 1. The first-order valence-electron chi connectivity index (χ1n) is 6.68. The number of rotatable bonds is 4. The van der Waals surface area contributed by atoms with Gasteiger partial charge in [0, 0.05) is 6.61 Å². The van der Waals surface area contributed by atoms with Crippen LogP contribution in [0.5, 0.6) is 5.75 Å². The van der Waals surface area contributed by atoms with E-state index in [2.05, 4.69) is 0 Å². The van der Waals surface area contributed by atoms with E-state index < -0.39 is 10.0 Å². The molecule has 20 heavy (non-hydrogen) atoms. The maximum absolute atomic E-state index is 11.6. The van der Waals surface area contributed by atoms with Gasteiger partial charge in [0.1, 0.15) is 12.4 Å². The van der Waals surface area contributed by atoms with Crippen molar-refractivity contribution in [1.29, 1.82) is 0 Å². The maximum Gasteiger partial charge on any atom is 0.238 e. The van der Waals surface area contributed by atoms with E-state index in [1.54, 1.807) is 13.0 Å². The minimum Gasteiger partial charge on any atom is -0.490 e. The molecule has 0 saturated carbocycles. The van der Waals surface area contributed by atoms with E-state index >= 15 is 0 Å². The Morgan fingerprint density at radius 1 is 1.35 bits per heavy atom. The number of aryl methyl sites for hydroxylation is 1. The van der Waals surface area contributed by atoms with Gasteiger partial charge in [-0.25, -0.2) is 13.6 Å². The minimum absolute atomic E-state index is 0.132. The molecular formula is C14H21NO4S. The number of sulfonamides is 1. The first kappa shape index (κ1) is 15.3. The Morgan fingerprint density at radius 3 is 2.60 bits per heavy atom. The Labute approximate surface area is 120 Å².